The van der Waals surface area contributed by atoms with Crippen LogP contribution in [0.5, 0.6) is 5.75 Å². The molecule has 0 unspecified atom stereocenters. The molecule has 0 heterocycles. The summed E-state index contributed by atoms with van der Waals surface area (Å²) >= 11 is 0. The Morgan fingerprint density at radius 1 is 1.23 bits per heavy atom. The van der Waals surface area contributed by atoms with E-state index in [-0.39, 0.29) is 24.2 Å². The summed E-state index contributed by atoms with van der Waals surface area (Å²) < 4.78 is 24.3. The molecule has 0 aliphatic heterocycles. The van der Waals surface area contributed by atoms with Gasteiger partial charge in [-0.25, -0.2) is 4.39 Å². The molecule has 0 saturated heterocycles. The minimum absolute atomic E-state index is 0.126. The van der Waals surface area contributed by atoms with Gasteiger partial charge in [-0.05, 0) is 49.6 Å². The van der Waals surface area contributed by atoms with Crippen LogP contribution in [0.4, 0.5) is 4.39 Å². The minimum Gasteiger partial charge on any atom is -0.497 e. The Labute approximate surface area is 153 Å². The number of carbonyl (C=O) groups excluding carboxylic acids is 1. The molecule has 0 amide bonds. The van der Waals surface area contributed by atoms with Crippen molar-refractivity contribution in [2.24, 2.45) is 4.99 Å². The van der Waals surface area contributed by atoms with Gasteiger partial charge in [0.05, 0.1) is 19.8 Å². The summed E-state index contributed by atoms with van der Waals surface area (Å²) in [7, 11) is 1.62. The third-order valence-electron chi connectivity index (χ3n) is 4.07. The van der Waals surface area contributed by atoms with Crippen LogP contribution in [-0.4, -0.2) is 25.9 Å². The summed E-state index contributed by atoms with van der Waals surface area (Å²) in [4.78, 5) is 16.0. The molecule has 138 valence electrons. The topological polar surface area (TPSA) is 47.9 Å². The van der Waals surface area contributed by atoms with Gasteiger partial charge in [0.1, 0.15) is 11.6 Å². The molecule has 0 bridgehead atoms. The highest BCUT2D eigenvalue weighted by Crippen LogP contribution is 2.21. The second-order valence-corrected chi connectivity index (χ2v) is 5.84. The van der Waals surface area contributed by atoms with Crippen LogP contribution in [0.1, 0.15) is 43.0 Å². The van der Waals surface area contributed by atoms with Gasteiger partial charge in [-0.15, -0.1) is 0 Å². The van der Waals surface area contributed by atoms with E-state index >= 15 is 0 Å². The van der Waals surface area contributed by atoms with E-state index in [0.29, 0.717) is 18.6 Å². The molecule has 4 nitrogen and oxygen atoms in total. The predicted octanol–water partition coefficient (Wildman–Crippen LogP) is 4.51. The maximum Gasteiger partial charge on any atom is 0.306 e. The predicted molar refractivity (Wildman–Crippen MR) is 100 cm³/mol. The van der Waals surface area contributed by atoms with E-state index in [1.165, 1.54) is 6.07 Å². The Hall–Kier alpha value is -2.69. The second kappa shape index (κ2) is 9.70. The first-order chi connectivity index (χ1) is 12.5. The standard InChI is InChI=1S/C21H24FNO3/c1-4-26-21(24)13-10-17-6-5-7-20(22)19(17)14-23-15(2)16-8-11-18(25-3)12-9-16/h5-9,11-12,14-15H,4,10,13H2,1-3H3/t15-/m0/s1. The van der Waals surface area contributed by atoms with E-state index in [0.717, 1.165) is 16.9 Å². The summed E-state index contributed by atoms with van der Waals surface area (Å²) in [6, 6.07) is 12.3. The monoisotopic (exact) mass is 357 g/mol. The summed E-state index contributed by atoms with van der Waals surface area (Å²) in [6.07, 6.45) is 2.17. The molecular formula is C21H24FNO3. The average Bonchev–Trinajstić information content (AvgIpc) is 2.65. The number of nitrogens with zero attached hydrogens (tertiary/aromatic N) is 1. The van der Waals surface area contributed by atoms with Gasteiger partial charge < -0.3 is 9.47 Å². The first-order valence-electron chi connectivity index (χ1n) is 8.65. The highest BCUT2D eigenvalue weighted by molar-refractivity contribution is 5.82. The molecule has 0 fully saturated rings. The van der Waals surface area contributed by atoms with E-state index in [9.17, 15) is 9.18 Å². The van der Waals surface area contributed by atoms with Crippen LogP contribution < -0.4 is 4.74 Å². The van der Waals surface area contributed by atoms with Gasteiger partial charge in [-0.2, -0.15) is 0 Å². The fraction of sp³-hybridized carbons (Fsp3) is 0.333. The quantitative estimate of drug-likeness (QED) is 0.516. The fourth-order valence-corrected chi connectivity index (χ4v) is 2.57. The molecule has 0 aliphatic carbocycles. The van der Waals surface area contributed by atoms with Gasteiger partial charge in [0.25, 0.3) is 0 Å². The highest BCUT2D eigenvalue weighted by Gasteiger charge is 2.10. The minimum atomic E-state index is -0.350. The van der Waals surface area contributed by atoms with Gasteiger partial charge >= 0.3 is 5.97 Å². The van der Waals surface area contributed by atoms with Crippen molar-refractivity contribution in [3.05, 3.63) is 65.0 Å². The van der Waals surface area contributed by atoms with E-state index in [4.69, 9.17) is 9.47 Å². The number of halogens is 1. The van der Waals surface area contributed by atoms with Crippen molar-refractivity contribution in [3.63, 3.8) is 0 Å². The zero-order valence-electron chi connectivity index (χ0n) is 15.4. The molecule has 0 radical (unpaired) electrons. The van der Waals surface area contributed by atoms with E-state index in [1.54, 1.807) is 26.3 Å². The van der Waals surface area contributed by atoms with Gasteiger partial charge in [0, 0.05) is 18.2 Å². The zero-order valence-corrected chi connectivity index (χ0v) is 15.4. The molecule has 0 aromatic heterocycles. The van der Waals surface area contributed by atoms with Crippen LogP contribution in [0.25, 0.3) is 0 Å². The molecule has 2 rings (SSSR count). The van der Waals surface area contributed by atoms with Crippen LogP contribution >= 0.6 is 0 Å². The Balaban J connectivity index is 2.13. The number of aryl methyl sites for hydroxylation is 1. The number of methoxy groups -OCH3 is 1. The SMILES string of the molecule is CCOC(=O)CCc1cccc(F)c1C=N[C@@H](C)c1ccc(OC)cc1. The van der Waals surface area contributed by atoms with E-state index in [1.807, 2.05) is 37.3 Å². The number of esters is 1. The van der Waals surface area contributed by atoms with Crippen LogP contribution in [0.3, 0.4) is 0 Å². The number of rotatable bonds is 8. The molecule has 0 spiro atoms. The van der Waals surface area contributed by atoms with Crippen LogP contribution in [0.2, 0.25) is 0 Å². The molecule has 0 N–H and O–H groups in total. The summed E-state index contributed by atoms with van der Waals surface area (Å²) in [6.45, 7) is 4.05. The Bertz CT molecular complexity index is 756. The van der Waals surface area contributed by atoms with Crippen molar-refractivity contribution in [1.29, 1.82) is 0 Å². The number of hydrogen-bond donors (Lipinski definition) is 0. The van der Waals surface area contributed by atoms with Crippen LogP contribution in [-0.2, 0) is 16.0 Å². The van der Waals surface area contributed by atoms with Crippen molar-refractivity contribution in [1.82, 2.24) is 0 Å². The Morgan fingerprint density at radius 3 is 2.62 bits per heavy atom. The first kappa shape index (κ1) is 19.6. The van der Waals surface area contributed by atoms with Crippen molar-refractivity contribution < 1.29 is 18.7 Å². The number of benzene rings is 2. The Morgan fingerprint density at radius 2 is 1.96 bits per heavy atom. The van der Waals surface area contributed by atoms with Gasteiger partial charge in [0.2, 0.25) is 0 Å². The molecule has 1 atom stereocenters. The highest BCUT2D eigenvalue weighted by atomic mass is 19.1. The summed E-state index contributed by atoms with van der Waals surface area (Å²) in [5.41, 5.74) is 2.16. The molecule has 26 heavy (non-hydrogen) atoms. The lowest BCUT2D eigenvalue weighted by atomic mass is 10.0. The van der Waals surface area contributed by atoms with Crippen LogP contribution in [0, 0.1) is 5.82 Å². The normalized spacial score (nSPS) is 12.2. The lowest BCUT2D eigenvalue weighted by Crippen LogP contribution is -2.07. The third kappa shape index (κ3) is 5.41. The van der Waals surface area contributed by atoms with Crippen LogP contribution in [0.15, 0.2) is 47.5 Å². The average molecular weight is 357 g/mol. The number of carbonyl (C=O) groups is 1. The van der Waals surface area contributed by atoms with Crippen molar-refractivity contribution in [3.8, 4) is 5.75 Å². The molecule has 0 aliphatic rings. The lowest BCUT2D eigenvalue weighted by molar-refractivity contribution is -0.143. The van der Waals surface area contributed by atoms with Gasteiger partial charge in [0.15, 0.2) is 0 Å². The van der Waals surface area contributed by atoms with Crippen molar-refractivity contribution >= 4 is 12.2 Å². The number of aliphatic imine (C=N–C) groups is 1. The van der Waals surface area contributed by atoms with Crippen molar-refractivity contribution in [2.45, 2.75) is 32.7 Å². The summed E-state index contributed by atoms with van der Waals surface area (Å²) in [5.74, 6) is 0.142. The van der Waals surface area contributed by atoms with E-state index < -0.39 is 0 Å². The number of ether oxygens (including phenoxy) is 2. The summed E-state index contributed by atoms with van der Waals surface area (Å²) in [5, 5.41) is 0. The zero-order chi connectivity index (χ0) is 18.9. The fourth-order valence-electron chi connectivity index (χ4n) is 2.57. The van der Waals surface area contributed by atoms with Gasteiger partial charge in [-0.3, -0.25) is 9.79 Å². The first-order valence-corrected chi connectivity index (χ1v) is 8.65. The lowest BCUT2D eigenvalue weighted by Gasteiger charge is -2.10. The maximum atomic E-state index is 14.3. The Kier molecular flexibility index (Phi) is 7.33. The number of hydrogen-bond acceptors (Lipinski definition) is 4. The maximum absolute atomic E-state index is 14.3. The van der Waals surface area contributed by atoms with Gasteiger partial charge in [-0.1, -0.05) is 24.3 Å². The molecule has 0 saturated carbocycles. The molecule has 2 aromatic carbocycles. The smallest absolute Gasteiger partial charge is 0.306 e. The molecular weight excluding hydrogens is 333 g/mol. The molecule has 5 heteroatoms. The van der Waals surface area contributed by atoms with Crippen molar-refractivity contribution in [2.75, 3.05) is 13.7 Å². The largest absolute Gasteiger partial charge is 0.497 e. The van der Waals surface area contributed by atoms with E-state index in [2.05, 4.69) is 4.99 Å². The third-order valence-corrected chi connectivity index (χ3v) is 4.07. The molecule has 2 aromatic rings. The second-order valence-electron chi connectivity index (χ2n) is 5.84.